The van der Waals surface area contributed by atoms with E-state index < -0.39 is 0 Å². The molecule has 3 aromatic rings. The minimum absolute atomic E-state index is 0.266. The fourth-order valence-corrected chi connectivity index (χ4v) is 2.54. The molecule has 0 atom stereocenters. The standard InChI is InChI=1S/C19H20FN5/c1-3-17-13(2)23-19(22-12-16-6-4-5-11-21-16)25-18(17)24-15-9-7-14(20)8-10-15/h4-11H,3,12H2,1-2H3,(H2,22,23,24,25). The quantitative estimate of drug-likeness (QED) is 0.704. The van der Waals surface area contributed by atoms with E-state index in [0.717, 1.165) is 34.9 Å². The second-order valence-electron chi connectivity index (χ2n) is 5.62. The molecule has 0 fully saturated rings. The maximum absolute atomic E-state index is 13.1. The van der Waals surface area contributed by atoms with E-state index in [1.165, 1.54) is 12.1 Å². The summed E-state index contributed by atoms with van der Waals surface area (Å²) in [7, 11) is 0. The minimum Gasteiger partial charge on any atom is -0.349 e. The zero-order valence-electron chi connectivity index (χ0n) is 14.3. The van der Waals surface area contributed by atoms with Gasteiger partial charge in [-0.15, -0.1) is 0 Å². The highest BCUT2D eigenvalue weighted by atomic mass is 19.1. The molecule has 0 radical (unpaired) electrons. The van der Waals surface area contributed by atoms with Crippen molar-refractivity contribution in [1.82, 2.24) is 15.0 Å². The van der Waals surface area contributed by atoms with Crippen LogP contribution in [0.15, 0.2) is 48.7 Å². The van der Waals surface area contributed by atoms with Crippen LogP contribution in [0.25, 0.3) is 0 Å². The average molecular weight is 337 g/mol. The molecule has 0 unspecified atom stereocenters. The van der Waals surface area contributed by atoms with Crippen LogP contribution in [0.2, 0.25) is 0 Å². The lowest BCUT2D eigenvalue weighted by Crippen LogP contribution is -2.10. The number of pyridine rings is 1. The van der Waals surface area contributed by atoms with E-state index in [1.54, 1.807) is 18.3 Å². The van der Waals surface area contributed by atoms with E-state index in [4.69, 9.17) is 0 Å². The van der Waals surface area contributed by atoms with Gasteiger partial charge in [0, 0.05) is 23.1 Å². The van der Waals surface area contributed by atoms with Gasteiger partial charge in [-0.3, -0.25) is 4.98 Å². The fourth-order valence-electron chi connectivity index (χ4n) is 2.54. The van der Waals surface area contributed by atoms with Crippen LogP contribution in [-0.2, 0) is 13.0 Å². The van der Waals surface area contributed by atoms with Gasteiger partial charge in [-0.25, -0.2) is 9.37 Å². The first-order valence-electron chi connectivity index (χ1n) is 8.19. The lowest BCUT2D eigenvalue weighted by atomic mass is 10.1. The van der Waals surface area contributed by atoms with Crippen molar-refractivity contribution in [2.75, 3.05) is 10.6 Å². The molecule has 128 valence electrons. The van der Waals surface area contributed by atoms with Crippen molar-refractivity contribution in [2.24, 2.45) is 0 Å². The highest BCUT2D eigenvalue weighted by molar-refractivity contribution is 5.61. The number of hydrogen-bond acceptors (Lipinski definition) is 5. The van der Waals surface area contributed by atoms with Crippen LogP contribution in [0.1, 0.15) is 23.9 Å². The summed E-state index contributed by atoms with van der Waals surface area (Å²) in [5.74, 6) is 0.993. The Hall–Kier alpha value is -3.02. The van der Waals surface area contributed by atoms with Crippen LogP contribution < -0.4 is 10.6 Å². The van der Waals surface area contributed by atoms with Gasteiger partial charge in [-0.1, -0.05) is 13.0 Å². The summed E-state index contributed by atoms with van der Waals surface area (Å²) < 4.78 is 13.1. The van der Waals surface area contributed by atoms with Crippen LogP contribution in [0.4, 0.5) is 21.8 Å². The Kier molecular flexibility index (Phi) is 5.18. The number of rotatable bonds is 6. The third-order valence-corrected chi connectivity index (χ3v) is 3.83. The predicted molar refractivity (Wildman–Crippen MR) is 97.4 cm³/mol. The van der Waals surface area contributed by atoms with E-state index in [0.29, 0.717) is 12.5 Å². The monoisotopic (exact) mass is 337 g/mol. The van der Waals surface area contributed by atoms with Gasteiger partial charge in [0.2, 0.25) is 5.95 Å². The molecule has 0 bridgehead atoms. The van der Waals surface area contributed by atoms with Crippen LogP contribution in [0.5, 0.6) is 0 Å². The first-order valence-corrected chi connectivity index (χ1v) is 8.19. The van der Waals surface area contributed by atoms with Gasteiger partial charge in [-0.05, 0) is 49.7 Å². The van der Waals surface area contributed by atoms with Gasteiger partial charge < -0.3 is 10.6 Å². The second kappa shape index (κ2) is 7.70. The SMILES string of the molecule is CCc1c(C)nc(NCc2ccccn2)nc1Nc1ccc(F)cc1. The smallest absolute Gasteiger partial charge is 0.225 e. The topological polar surface area (TPSA) is 62.7 Å². The number of aromatic nitrogens is 3. The van der Waals surface area contributed by atoms with Gasteiger partial charge in [0.25, 0.3) is 0 Å². The van der Waals surface area contributed by atoms with Crippen LogP contribution in [0.3, 0.4) is 0 Å². The molecule has 2 heterocycles. The molecule has 0 aliphatic rings. The van der Waals surface area contributed by atoms with Crippen LogP contribution >= 0.6 is 0 Å². The third kappa shape index (κ3) is 4.29. The number of nitrogens with zero attached hydrogens (tertiary/aromatic N) is 3. The number of hydrogen-bond donors (Lipinski definition) is 2. The minimum atomic E-state index is -0.266. The predicted octanol–water partition coefficient (Wildman–Crippen LogP) is 4.24. The van der Waals surface area contributed by atoms with Crippen molar-refractivity contribution in [2.45, 2.75) is 26.8 Å². The molecule has 1 aromatic carbocycles. The summed E-state index contributed by atoms with van der Waals surface area (Å²) >= 11 is 0. The number of halogens is 1. The van der Waals surface area contributed by atoms with Crippen LogP contribution in [0, 0.1) is 12.7 Å². The largest absolute Gasteiger partial charge is 0.349 e. The summed E-state index contributed by atoms with van der Waals surface area (Å²) in [6, 6.07) is 12.0. The molecule has 6 heteroatoms. The molecule has 25 heavy (non-hydrogen) atoms. The molecule has 0 aliphatic heterocycles. The first-order chi connectivity index (χ1) is 12.2. The fraction of sp³-hybridized carbons (Fsp3) is 0.211. The summed E-state index contributed by atoms with van der Waals surface area (Å²) in [4.78, 5) is 13.4. The Morgan fingerprint density at radius 1 is 1.04 bits per heavy atom. The molecule has 3 rings (SSSR count). The molecular formula is C19H20FN5. The van der Waals surface area contributed by atoms with Crippen molar-refractivity contribution in [3.05, 3.63) is 71.4 Å². The van der Waals surface area contributed by atoms with E-state index in [2.05, 4.69) is 32.5 Å². The number of anilines is 3. The van der Waals surface area contributed by atoms with Gasteiger partial charge in [0.15, 0.2) is 0 Å². The molecule has 5 nitrogen and oxygen atoms in total. The first kappa shape index (κ1) is 16.8. The maximum atomic E-state index is 13.1. The number of benzene rings is 1. The van der Waals surface area contributed by atoms with E-state index in [1.807, 2.05) is 25.1 Å². The van der Waals surface area contributed by atoms with Crippen molar-refractivity contribution in [1.29, 1.82) is 0 Å². The molecule has 0 spiro atoms. The van der Waals surface area contributed by atoms with Crippen molar-refractivity contribution >= 4 is 17.5 Å². The summed E-state index contributed by atoms with van der Waals surface area (Å²) in [5.41, 5.74) is 3.64. The lowest BCUT2D eigenvalue weighted by molar-refractivity contribution is 0.628. The number of nitrogens with one attached hydrogen (secondary N) is 2. The van der Waals surface area contributed by atoms with Gasteiger partial charge in [0.05, 0.1) is 12.2 Å². The van der Waals surface area contributed by atoms with Crippen molar-refractivity contribution < 1.29 is 4.39 Å². The summed E-state index contributed by atoms with van der Waals surface area (Å²) in [6.45, 7) is 4.56. The Morgan fingerprint density at radius 2 is 1.84 bits per heavy atom. The van der Waals surface area contributed by atoms with E-state index >= 15 is 0 Å². The Balaban J connectivity index is 1.83. The van der Waals surface area contributed by atoms with Crippen LogP contribution in [-0.4, -0.2) is 15.0 Å². The molecular weight excluding hydrogens is 317 g/mol. The highest BCUT2D eigenvalue weighted by Crippen LogP contribution is 2.23. The zero-order chi connectivity index (χ0) is 17.6. The van der Waals surface area contributed by atoms with E-state index in [-0.39, 0.29) is 5.82 Å². The summed E-state index contributed by atoms with van der Waals surface area (Å²) in [6.07, 6.45) is 2.56. The Labute approximate surface area is 146 Å². The molecule has 0 saturated carbocycles. The van der Waals surface area contributed by atoms with Gasteiger partial charge >= 0.3 is 0 Å². The Bertz CT molecular complexity index is 834. The molecule has 0 saturated heterocycles. The molecule has 2 N–H and O–H groups in total. The molecule has 0 amide bonds. The molecule has 0 aliphatic carbocycles. The normalized spacial score (nSPS) is 10.5. The number of aryl methyl sites for hydroxylation is 1. The molecule has 2 aromatic heterocycles. The highest BCUT2D eigenvalue weighted by Gasteiger charge is 2.11. The van der Waals surface area contributed by atoms with Crippen molar-refractivity contribution in [3.8, 4) is 0 Å². The van der Waals surface area contributed by atoms with Gasteiger partial charge in [0.1, 0.15) is 11.6 Å². The van der Waals surface area contributed by atoms with E-state index in [9.17, 15) is 4.39 Å². The van der Waals surface area contributed by atoms with Gasteiger partial charge in [-0.2, -0.15) is 4.98 Å². The maximum Gasteiger partial charge on any atom is 0.225 e. The second-order valence-corrected chi connectivity index (χ2v) is 5.62. The summed E-state index contributed by atoms with van der Waals surface area (Å²) in [5, 5.41) is 6.46. The lowest BCUT2D eigenvalue weighted by Gasteiger charge is -2.14. The third-order valence-electron chi connectivity index (χ3n) is 3.83. The average Bonchev–Trinajstić information content (AvgIpc) is 2.63. The zero-order valence-corrected chi connectivity index (χ0v) is 14.3. The Morgan fingerprint density at radius 3 is 2.52 bits per heavy atom. The van der Waals surface area contributed by atoms with Crippen molar-refractivity contribution in [3.63, 3.8) is 0 Å².